The van der Waals surface area contributed by atoms with E-state index in [1.807, 2.05) is 54.8 Å². The molecule has 29 heavy (non-hydrogen) atoms. The first kappa shape index (κ1) is 20.8. The number of aryl methyl sites for hydroxylation is 1. The van der Waals surface area contributed by atoms with E-state index in [2.05, 4.69) is 10.3 Å². The van der Waals surface area contributed by atoms with Gasteiger partial charge in [-0.15, -0.1) is 11.3 Å². The Bertz CT molecular complexity index is 907. The van der Waals surface area contributed by atoms with Crippen molar-refractivity contribution in [2.45, 2.75) is 32.7 Å². The zero-order valence-corrected chi connectivity index (χ0v) is 17.3. The van der Waals surface area contributed by atoms with Gasteiger partial charge >= 0.3 is 0 Å². The van der Waals surface area contributed by atoms with Gasteiger partial charge in [0, 0.05) is 29.8 Å². The maximum atomic E-state index is 12.5. The van der Waals surface area contributed by atoms with E-state index in [4.69, 9.17) is 4.42 Å². The largest absolute Gasteiger partial charge is 0.441 e. The number of thiophene rings is 1. The van der Waals surface area contributed by atoms with E-state index in [1.54, 1.807) is 22.4 Å². The number of carbonyl (C=O) groups excluding carboxylic acids is 2. The van der Waals surface area contributed by atoms with E-state index in [-0.39, 0.29) is 18.4 Å². The first-order chi connectivity index (χ1) is 14.2. The molecule has 0 fully saturated rings. The van der Waals surface area contributed by atoms with Crippen LogP contribution in [0.25, 0.3) is 11.3 Å². The Morgan fingerprint density at radius 1 is 1.17 bits per heavy atom. The summed E-state index contributed by atoms with van der Waals surface area (Å²) in [5.74, 6) is 1.17. The van der Waals surface area contributed by atoms with Gasteiger partial charge in [-0.3, -0.25) is 9.59 Å². The number of oxazole rings is 1. The molecule has 0 spiro atoms. The molecule has 0 bridgehead atoms. The lowest BCUT2D eigenvalue weighted by Crippen LogP contribution is -2.40. The van der Waals surface area contributed by atoms with Crippen LogP contribution in [0.2, 0.25) is 0 Å². The van der Waals surface area contributed by atoms with Gasteiger partial charge in [0.2, 0.25) is 11.8 Å². The van der Waals surface area contributed by atoms with E-state index in [9.17, 15) is 9.59 Å². The van der Waals surface area contributed by atoms with Crippen molar-refractivity contribution in [2.24, 2.45) is 0 Å². The highest BCUT2D eigenvalue weighted by atomic mass is 32.1. The number of carbonyl (C=O) groups is 2. The van der Waals surface area contributed by atoms with E-state index in [1.165, 1.54) is 0 Å². The highest BCUT2D eigenvalue weighted by molar-refractivity contribution is 7.09. The van der Waals surface area contributed by atoms with Crippen LogP contribution in [-0.4, -0.2) is 34.8 Å². The standard InChI is InChI=1S/C22H25N3O3S/c1-2-25(16-20(26)23-14-18-10-7-13-29-18)22(27)12-6-11-21-24-15-19(28-21)17-8-4-3-5-9-17/h3-5,7-10,13,15H,2,6,11-12,14,16H2,1H3,(H,23,26). The number of amides is 2. The summed E-state index contributed by atoms with van der Waals surface area (Å²) in [6.07, 6.45) is 3.28. The molecule has 1 aromatic carbocycles. The molecule has 0 saturated heterocycles. The summed E-state index contributed by atoms with van der Waals surface area (Å²) in [7, 11) is 0. The van der Waals surface area contributed by atoms with Gasteiger partial charge < -0.3 is 14.6 Å². The number of hydrogen-bond donors (Lipinski definition) is 1. The molecule has 0 saturated carbocycles. The molecule has 0 radical (unpaired) electrons. The molecule has 7 heteroatoms. The van der Waals surface area contributed by atoms with Crippen LogP contribution < -0.4 is 5.32 Å². The number of benzene rings is 1. The van der Waals surface area contributed by atoms with Gasteiger partial charge in [-0.05, 0) is 24.8 Å². The predicted molar refractivity (Wildman–Crippen MR) is 113 cm³/mol. The zero-order chi connectivity index (χ0) is 20.5. The number of nitrogens with zero attached hydrogens (tertiary/aromatic N) is 2. The average molecular weight is 412 g/mol. The molecule has 2 aromatic heterocycles. The zero-order valence-electron chi connectivity index (χ0n) is 16.5. The second kappa shape index (κ2) is 10.6. The lowest BCUT2D eigenvalue weighted by molar-refractivity contribution is -0.136. The Hall–Kier alpha value is -2.93. The molecular formula is C22H25N3O3S. The average Bonchev–Trinajstić information content (AvgIpc) is 3.43. The summed E-state index contributed by atoms with van der Waals surface area (Å²) in [4.78, 5) is 31.5. The van der Waals surface area contributed by atoms with E-state index in [0.717, 1.165) is 16.2 Å². The van der Waals surface area contributed by atoms with Gasteiger partial charge in [0.15, 0.2) is 11.7 Å². The minimum atomic E-state index is -0.145. The van der Waals surface area contributed by atoms with Crippen molar-refractivity contribution in [3.8, 4) is 11.3 Å². The van der Waals surface area contributed by atoms with Crippen molar-refractivity contribution >= 4 is 23.2 Å². The lowest BCUT2D eigenvalue weighted by atomic mass is 10.2. The fourth-order valence-corrected chi connectivity index (χ4v) is 3.56. The second-order valence-electron chi connectivity index (χ2n) is 6.60. The van der Waals surface area contributed by atoms with Gasteiger partial charge in [-0.25, -0.2) is 4.98 Å². The highest BCUT2D eigenvalue weighted by Gasteiger charge is 2.16. The molecule has 6 nitrogen and oxygen atoms in total. The van der Waals surface area contributed by atoms with Crippen LogP contribution in [0.3, 0.4) is 0 Å². The molecule has 1 N–H and O–H groups in total. The predicted octanol–water partition coefficient (Wildman–Crippen LogP) is 3.89. The van der Waals surface area contributed by atoms with Crippen LogP contribution in [-0.2, 0) is 22.6 Å². The second-order valence-corrected chi connectivity index (χ2v) is 7.63. The molecule has 2 amide bonds. The summed E-state index contributed by atoms with van der Waals surface area (Å²) in [6, 6.07) is 13.7. The SMILES string of the molecule is CCN(CC(=O)NCc1cccs1)C(=O)CCCc1ncc(-c2ccccc2)o1. The Kier molecular flexibility index (Phi) is 7.58. The summed E-state index contributed by atoms with van der Waals surface area (Å²) >= 11 is 1.60. The van der Waals surface area contributed by atoms with Crippen molar-refractivity contribution in [1.82, 2.24) is 15.2 Å². The minimum absolute atomic E-state index is 0.0337. The molecule has 2 heterocycles. The molecule has 0 aliphatic carbocycles. The van der Waals surface area contributed by atoms with Crippen LogP contribution in [0.1, 0.15) is 30.5 Å². The Morgan fingerprint density at radius 2 is 2.00 bits per heavy atom. The topological polar surface area (TPSA) is 75.4 Å². The van der Waals surface area contributed by atoms with Crippen LogP contribution in [0.15, 0.2) is 58.5 Å². The van der Waals surface area contributed by atoms with Gasteiger partial charge in [-0.2, -0.15) is 0 Å². The van der Waals surface area contributed by atoms with Crippen LogP contribution >= 0.6 is 11.3 Å². The fourth-order valence-electron chi connectivity index (χ4n) is 2.92. The van der Waals surface area contributed by atoms with Crippen LogP contribution in [0.4, 0.5) is 0 Å². The molecule has 0 aliphatic heterocycles. The van der Waals surface area contributed by atoms with Gasteiger partial charge in [-0.1, -0.05) is 36.4 Å². The highest BCUT2D eigenvalue weighted by Crippen LogP contribution is 2.20. The first-order valence-electron chi connectivity index (χ1n) is 9.72. The van der Waals surface area contributed by atoms with E-state index < -0.39 is 0 Å². The van der Waals surface area contributed by atoms with Crippen LogP contribution in [0, 0.1) is 0 Å². The lowest BCUT2D eigenvalue weighted by Gasteiger charge is -2.20. The van der Waals surface area contributed by atoms with E-state index in [0.29, 0.717) is 38.2 Å². The maximum Gasteiger partial charge on any atom is 0.239 e. The summed E-state index contributed by atoms with van der Waals surface area (Å²) in [5.41, 5.74) is 0.980. The molecule has 3 rings (SSSR count). The third kappa shape index (κ3) is 6.29. The number of nitrogens with one attached hydrogen (secondary N) is 1. The smallest absolute Gasteiger partial charge is 0.239 e. The van der Waals surface area contributed by atoms with E-state index >= 15 is 0 Å². The summed E-state index contributed by atoms with van der Waals surface area (Å²) in [6.45, 7) is 2.96. The number of aromatic nitrogens is 1. The summed E-state index contributed by atoms with van der Waals surface area (Å²) < 4.78 is 5.77. The monoisotopic (exact) mass is 411 g/mol. The third-order valence-corrected chi connectivity index (χ3v) is 5.38. The normalized spacial score (nSPS) is 10.7. The molecule has 0 unspecified atom stereocenters. The van der Waals surface area contributed by atoms with Crippen molar-refractivity contribution in [1.29, 1.82) is 0 Å². The molecule has 3 aromatic rings. The number of hydrogen-bond acceptors (Lipinski definition) is 5. The maximum absolute atomic E-state index is 12.5. The number of rotatable bonds is 10. The molecule has 0 aliphatic rings. The van der Waals surface area contributed by atoms with Gasteiger partial charge in [0.05, 0.1) is 19.3 Å². The van der Waals surface area contributed by atoms with Gasteiger partial charge in [0.25, 0.3) is 0 Å². The molecule has 152 valence electrons. The summed E-state index contributed by atoms with van der Waals surface area (Å²) in [5, 5.41) is 4.83. The number of likely N-dealkylation sites (N-methyl/N-ethyl adjacent to an activating group) is 1. The minimum Gasteiger partial charge on any atom is -0.441 e. The fraction of sp³-hybridized carbons (Fsp3) is 0.318. The Balaban J connectivity index is 1.41. The Morgan fingerprint density at radius 3 is 2.72 bits per heavy atom. The van der Waals surface area contributed by atoms with Gasteiger partial charge in [0.1, 0.15) is 0 Å². The first-order valence-corrected chi connectivity index (χ1v) is 10.6. The molecule has 0 atom stereocenters. The van der Waals surface area contributed by atoms with Crippen molar-refractivity contribution in [3.05, 3.63) is 64.8 Å². The van der Waals surface area contributed by atoms with Crippen molar-refractivity contribution in [2.75, 3.05) is 13.1 Å². The quantitative estimate of drug-likeness (QED) is 0.549. The van der Waals surface area contributed by atoms with Crippen molar-refractivity contribution in [3.63, 3.8) is 0 Å². The third-order valence-electron chi connectivity index (χ3n) is 4.50. The Labute approximate surface area is 174 Å². The molecular weight excluding hydrogens is 386 g/mol. The van der Waals surface area contributed by atoms with Crippen molar-refractivity contribution < 1.29 is 14.0 Å². The van der Waals surface area contributed by atoms with Crippen LogP contribution in [0.5, 0.6) is 0 Å².